The van der Waals surface area contributed by atoms with E-state index in [0.29, 0.717) is 22.6 Å². The summed E-state index contributed by atoms with van der Waals surface area (Å²) in [5.41, 5.74) is 1.73. The van der Waals surface area contributed by atoms with E-state index >= 15 is 0 Å². The summed E-state index contributed by atoms with van der Waals surface area (Å²) in [6, 6.07) is 16.6. The number of amides is 1. The number of para-hydroxylation sites is 1. The minimum Gasteiger partial charge on any atom is -0.507 e. The Morgan fingerprint density at radius 2 is 1.84 bits per heavy atom. The van der Waals surface area contributed by atoms with Crippen molar-refractivity contribution >= 4 is 17.4 Å². The minimum atomic E-state index is -0.836. The number of rotatable bonds is 6. The van der Waals surface area contributed by atoms with Gasteiger partial charge < -0.3 is 19.5 Å². The van der Waals surface area contributed by atoms with Crippen molar-refractivity contribution in [3.8, 4) is 11.5 Å². The largest absolute Gasteiger partial charge is 0.507 e. The van der Waals surface area contributed by atoms with Crippen molar-refractivity contribution in [1.29, 1.82) is 0 Å². The van der Waals surface area contributed by atoms with Gasteiger partial charge >= 0.3 is 0 Å². The number of hydrogen-bond acceptors (Lipinski definition) is 6. The lowest BCUT2D eigenvalue weighted by Gasteiger charge is -2.26. The van der Waals surface area contributed by atoms with Crippen LogP contribution in [0.3, 0.4) is 0 Å². The Hall–Kier alpha value is -4.13. The van der Waals surface area contributed by atoms with E-state index in [9.17, 15) is 14.7 Å². The number of carbonyl (C=O) groups excluding carboxylic acids is 2. The van der Waals surface area contributed by atoms with Crippen LogP contribution in [0.15, 0.2) is 78.6 Å². The lowest BCUT2D eigenvalue weighted by Crippen LogP contribution is -2.29. The Kier molecular flexibility index (Phi) is 5.89. The lowest BCUT2D eigenvalue weighted by molar-refractivity contribution is -0.140. The zero-order valence-corrected chi connectivity index (χ0v) is 17.7. The van der Waals surface area contributed by atoms with Gasteiger partial charge in [-0.3, -0.25) is 14.6 Å². The van der Waals surface area contributed by atoms with Crippen LogP contribution in [0.2, 0.25) is 0 Å². The Bertz CT molecular complexity index is 1190. The van der Waals surface area contributed by atoms with Gasteiger partial charge in [-0.25, -0.2) is 0 Å². The molecule has 1 aliphatic heterocycles. The highest BCUT2D eigenvalue weighted by atomic mass is 16.5. The van der Waals surface area contributed by atoms with E-state index in [1.807, 2.05) is 6.07 Å². The van der Waals surface area contributed by atoms with E-state index in [0.717, 1.165) is 5.56 Å². The molecule has 0 unspecified atom stereocenters. The van der Waals surface area contributed by atoms with E-state index in [1.54, 1.807) is 67.0 Å². The molecule has 4 rings (SSSR count). The van der Waals surface area contributed by atoms with Crippen molar-refractivity contribution in [1.82, 2.24) is 9.88 Å². The Morgan fingerprint density at radius 3 is 2.56 bits per heavy atom. The van der Waals surface area contributed by atoms with Crippen LogP contribution in [0, 0.1) is 0 Å². The summed E-state index contributed by atoms with van der Waals surface area (Å²) in [6.07, 6.45) is 3.28. The normalized spacial score (nSPS) is 17.4. The predicted octanol–water partition coefficient (Wildman–Crippen LogP) is 3.72. The van der Waals surface area contributed by atoms with Gasteiger partial charge in [0.25, 0.3) is 11.7 Å². The molecule has 7 nitrogen and oxygen atoms in total. The first-order valence-corrected chi connectivity index (χ1v) is 9.99. The van der Waals surface area contributed by atoms with E-state index in [1.165, 1.54) is 19.1 Å². The molecule has 1 aromatic heterocycles. The molecule has 1 N–H and O–H groups in total. The maximum Gasteiger partial charge on any atom is 0.295 e. The quantitative estimate of drug-likeness (QED) is 0.364. The van der Waals surface area contributed by atoms with Crippen molar-refractivity contribution < 1.29 is 24.2 Å². The van der Waals surface area contributed by atoms with Gasteiger partial charge in [-0.1, -0.05) is 36.4 Å². The summed E-state index contributed by atoms with van der Waals surface area (Å²) in [6.45, 7) is 0.149. The van der Waals surface area contributed by atoms with Crippen LogP contribution in [0.4, 0.5) is 0 Å². The first-order valence-electron chi connectivity index (χ1n) is 9.99. The number of benzene rings is 2. The van der Waals surface area contributed by atoms with E-state index in [4.69, 9.17) is 9.47 Å². The molecule has 2 aromatic carbocycles. The fourth-order valence-electron chi connectivity index (χ4n) is 3.87. The number of aliphatic hydroxyl groups excluding tert-OH is 1. The molecule has 0 aliphatic carbocycles. The lowest BCUT2D eigenvalue weighted by atomic mass is 9.94. The molecule has 0 bridgehead atoms. The fourth-order valence-corrected chi connectivity index (χ4v) is 3.87. The van der Waals surface area contributed by atoms with E-state index < -0.39 is 17.7 Å². The number of ketones is 1. The monoisotopic (exact) mass is 430 g/mol. The number of methoxy groups -OCH3 is 2. The number of aliphatic hydroxyl groups is 1. The SMILES string of the molecule is COc1cccc(/C(O)=C2\C(=O)C(=O)N(Cc3cccnc3)[C@H]2c2ccccc2OC)c1. The smallest absolute Gasteiger partial charge is 0.295 e. The highest BCUT2D eigenvalue weighted by molar-refractivity contribution is 6.46. The molecule has 0 spiro atoms. The van der Waals surface area contributed by atoms with Crippen LogP contribution in [-0.4, -0.2) is 40.9 Å². The van der Waals surface area contributed by atoms with Crippen LogP contribution in [0.5, 0.6) is 11.5 Å². The molecule has 7 heteroatoms. The second-order valence-corrected chi connectivity index (χ2v) is 7.26. The highest BCUT2D eigenvalue weighted by Gasteiger charge is 2.47. The molecule has 1 amide bonds. The van der Waals surface area contributed by atoms with Crippen LogP contribution < -0.4 is 9.47 Å². The number of ether oxygens (including phenoxy) is 2. The Balaban J connectivity index is 1.90. The number of carbonyl (C=O) groups is 2. The van der Waals surface area contributed by atoms with Crippen molar-refractivity contribution in [2.75, 3.05) is 14.2 Å². The number of likely N-dealkylation sites (tertiary alicyclic amines) is 1. The third-order valence-corrected chi connectivity index (χ3v) is 5.39. The first kappa shape index (κ1) is 21.1. The van der Waals surface area contributed by atoms with Gasteiger partial charge in [0.05, 0.1) is 25.8 Å². The van der Waals surface area contributed by atoms with Crippen LogP contribution >= 0.6 is 0 Å². The molecule has 1 atom stereocenters. The molecule has 1 aliphatic rings. The van der Waals surface area contributed by atoms with Crippen molar-refractivity contribution in [3.63, 3.8) is 0 Å². The fraction of sp³-hybridized carbons (Fsp3) is 0.160. The average molecular weight is 430 g/mol. The molecular weight excluding hydrogens is 408 g/mol. The number of pyridine rings is 1. The summed E-state index contributed by atoms with van der Waals surface area (Å²) in [4.78, 5) is 31.8. The third-order valence-electron chi connectivity index (χ3n) is 5.39. The molecule has 3 aromatic rings. The van der Waals surface area contributed by atoms with Gasteiger partial charge in [-0.05, 0) is 29.8 Å². The van der Waals surface area contributed by atoms with Crippen molar-refractivity contribution in [2.45, 2.75) is 12.6 Å². The summed E-state index contributed by atoms with van der Waals surface area (Å²) < 4.78 is 10.8. The second kappa shape index (κ2) is 8.93. The molecule has 1 fully saturated rings. The Morgan fingerprint density at radius 1 is 1.03 bits per heavy atom. The molecule has 0 radical (unpaired) electrons. The van der Waals surface area contributed by atoms with E-state index in [-0.39, 0.29) is 17.9 Å². The molecule has 1 saturated heterocycles. The molecule has 2 heterocycles. The average Bonchev–Trinajstić information content (AvgIpc) is 3.09. The predicted molar refractivity (Wildman–Crippen MR) is 118 cm³/mol. The molecule has 32 heavy (non-hydrogen) atoms. The summed E-state index contributed by atoms with van der Waals surface area (Å²) in [5, 5.41) is 11.2. The minimum absolute atomic E-state index is 0.00311. The van der Waals surface area contributed by atoms with Gasteiger partial charge in [0.1, 0.15) is 17.3 Å². The Labute approximate surface area is 185 Å². The van der Waals surface area contributed by atoms with Gasteiger partial charge in [0.2, 0.25) is 0 Å². The zero-order chi connectivity index (χ0) is 22.7. The molecule has 162 valence electrons. The maximum absolute atomic E-state index is 13.2. The van der Waals surface area contributed by atoms with Gasteiger partial charge in [-0.15, -0.1) is 0 Å². The van der Waals surface area contributed by atoms with Gasteiger partial charge in [0, 0.05) is 30.1 Å². The summed E-state index contributed by atoms with van der Waals surface area (Å²) >= 11 is 0. The van der Waals surface area contributed by atoms with Gasteiger partial charge in [-0.2, -0.15) is 0 Å². The third kappa shape index (κ3) is 3.80. The van der Waals surface area contributed by atoms with Crippen LogP contribution in [0.1, 0.15) is 22.7 Å². The number of nitrogens with zero attached hydrogens (tertiary/aromatic N) is 2. The standard InChI is InChI=1S/C25H22N2O5/c1-31-18-9-5-8-17(13-18)23(28)21-22(19-10-3-4-11-20(19)32-2)27(25(30)24(21)29)15-16-7-6-12-26-14-16/h3-14,22,28H,15H2,1-2H3/b23-21+/t22-/m0/s1. The van der Waals surface area contributed by atoms with Crippen molar-refractivity contribution in [3.05, 3.63) is 95.3 Å². The summed E-state index contributed by atoms with van der Waals surface area (Å²) in [7, 11) is 3.04. The van der Waals surface area contributed by atoms with Crippen LogP contribution in [0.25, 0.3) is 5.76 Å². The van der Waals surface area contributed by atoms with E-state index in [2.05, 4.69) is 4.98 Å². The molecule has 0 saturated carbocycles. The molecular formula is C25H22N2O5. The topological polar surface area (TPSA) is 89.0 Å². The highest BCUT2D eigenvalue weighted by Crippen LogP contribution is 2.43. The second-order valence-electron chi connectivity index (χ2n) is 7.26. The van der Waals surface area contributed by atoms with Crippen LogP contribution in [-0.2, 0) is 16.1 Å². The summed E-state index contributed by atoms with van der Waals surface area (Å²) in [5.74, 6) is -0.703. The number of hydrogen-bond donors (Lipinski definition) is 1. The number of aromatic nitrogens is 1. The maximum atomic E-state index is 13.2. The van der Waals surface area contributed by atoms with Gasteiger partial charge in [0.15, 0.2) is 0 Å². The van der Waals surface area contributed by atoms with Crippen molar-refractivity contribution in [2.24, 2.45) is 0 Å². The zero-order valence-electron chi connectivity index (χ0n) is 17.7. The number of Topliss-reactive ketones (excluding diaryl/α,β-unsaturated/α-hetero) is 1. The first-order chi connectivity index (χ1) is 15.5.